The smallest absolute Gasteiger partial charge is 0.255 e. The van der Waals surface area contributed by atoms with Crippen LogP contribution in [-0.2, 0) is 0 Å². The molecule has 4 nitrogen and oxygen atoms in total. The van der Waals surface area contributed by atoms with Gasteiger partial charge in [0.1, 0.15) is 5.75 Å². The number of hydrogen-bond donors (Lipinski definition) is 2. The fourth-order valence-electron chi connectivity index (χ4n) is 2.26. The Morgan fingerprint density at radius 3 is 3.00 bits per heavy atom. The molecule has 1 aromatic rings. The Morgan fingerprint density at radius 2 is 2.33 bits per heavy atom. The number of benzene rings is 1. The van der Waals surface area contributed by atoms with Gasteiger partial charge in [-0.25, -0.2) is 0 Å². The minimum Gasteiger partial charge on any atom is -0.493 e. The fourth-order valence-corrected chi connectivity index (χ4v) is 2.43. The topological polar surface area (TPSA) is 50.4 Å². The van der Waals surface area contributed by atoms with Crippen molar-refractivity contribution in [2.24, 2.45) is 0 Å². The van der Waals surface area contributed by atoms with Crippen LogP contribution in [0.5, 0.6) is 5.75 Å². The van der Waals surface area contributed by atoms with E-state index >= 15 is 0 Å². The van der Waals surface area contributed by atoms with E-state index in [0.29, 0.717) is 35.5 Å². The summed E-state index contributed by atoms with van der Waals surface area (Å²) in [5.41, 5.74) is 0.504. The SMILES string of the molecule is CCCOc1ccc(Cl)cc1C(=O)NCC1CCCN1.Cl. The van der Waals surface area contributed by atoms with Gasteiger partial charge in [-0.05, 0) is 44.0 Å². The largest absolute Gasteiger partial charge is 0.493 e. The first-order chi connectivity index (χ1) is 9.70. The summed E-state index contributed by atoms with van der Waals surface area (Å²) in [5.74, 6) is 0.459. The summed E-state index contributed by atoms with van der Waals surface area (Å²) >= 11 is 5.97. The molecule has 2 rings (SSSR count). The molecule has 1 saturated heterocycles. The lowest BCUT2D eigenvalue weighted by atomic mass is 10.1. The number of ether oxygens (including phenoxy) is 1. The third kappa shape index (κ3) is 5.38. The average Bonchev–Trinajstić information content (AvgIpc) is 2.96. The van der Waals surface area contributed by atoms with Crippen LogP contribution in [0.1, 0.15) is 36.5 Å². The average molecular weight is 333 g/mol. The zero-order chi connectivity index (χ0) is 14.4. The molecule has 1 atom stereocenters. The molecule has 1 aliphatic rings. The van der Waals surface area contributed by atoms with Gasteiger partial charge in [0.25, 0.3) is 5.91 Å². The number of amides is 1. The maximum absolute atomic E-state index is 12.3. The monoisotopic (exact) mass is 332 g/mol. The highest BCUT2D eigenvalue weighted by Gasteiger charge is 2.17. The molecule has 1 aromatic carbocycles. The van der Waals surface area contributed by atoms with Crippen molar-refractivity contribution < 1.29 is 9.53 Å². The van der Waals surface area contributed by atoms with Gasteiger partial charge in [-0.2, -0.15) is 0 Å². The second-order valence-electron chi connectivity index (χ2n) is 4.99. The summed E-state index contributed by atoms with van der Waals surface area (Å²) in [4.78, 5) is 12.3. The molecule has 1 aliphatic heterocycles. The first-order valence-corrected chi connectivity index (χ1v) is 7.52. The van der Waals surface area contributed by atoms with Crippen LogP contribution in [0.3, 0.4) is 0 Å². The van der Waals surface area contributed by atoms with Crippen LogP contribution in [0.2, 0.25) is 5.02 Å². The molecule has 0 bridgehead atoms. The van der Waals surface area contributed by atoms with Crippen LogP contribution in [0.15, 0.2) is 18.2 Å². The number of hydrogen-bond acceptors (Lipinski definition) is 3. The van der Waals surface area contributed by atoms with Gasteiger partial charge in [0, 0.05) is 17.6 Å². The number of halogens is 2. The number of carbonyl (C=O) groups is 1. The highest BCUT2D eigenvalue weighted by Crippen LogP contribution is 2.23. The zero-order valence-corrected chi connectivity index (χ0v) is 13.7. The van der Waals surface area contributed by atoms with Gasteiger partial charge >= 0.3 is 0 Å². The number of rotatable bonds is 6. The van der Waals surface area contributed by atoms with Crippen molar-refractivity contribution in [1.82, 2.24) is 10.6 Å². The minimum absolute atomic E-state index is 0. The van der Waals surface area contributed by atoms with Crippen LogP contribution < -0.4 is 15.4 Å². The van der Waals surface area contributed by atoms with E-state index in [-0.39, 0.29) is 18.3 Å². The summed E-state index contributed by atoms with van der Waals surface area (Å²) in [6, 6.07) is 5.52. The van der Waals surface area contributed by atoms with E-state index in [4.69, 9.17) is 16.3 Å². The van der Waals surface area contributed by atoms with E-state index in [1.165, 1.54) is 6.42 Å². The molecule has 0 spiro atoms. The van der Waals surface area contributed by atoms with E-state index in [2.05, 4.69) is 10.6 Å². The molecule has 1 heterocycles. The van der Waals surface area contributed by atoms with Crippen molar-refractivity contribution in [3.8, 4) is 5.75 Å². The standard InChI is InChI=1S/C15H21ClN2O2.ClH/c1-2-8-20-14-6-5-11(16)9-13(14)15(19)18-10-12-4-3-7-17-12;/h5-6,9,12,17H,2-4,7-8,10H2,1H3,(H,18,19);1H. The minimum atomic E-state index is -0.132. The van der Waals surface area contributed by atoms with Gasteiger partial charge in [-0.3, -0.25) is 4.79 Å². The van der Waals surface area contributed by atoms with Crippen molar-refractivity contribution in [3.05, 3.63) is 28.8 Å². The van der Waals surface area contributed by atoms with E-state index in [1.54, 1.807) is 18.2 Å². The predicted octanol–water partition coefficient (Wildman–Crippen LogP) is 3.03. The van der Waals surface area contributed by atoms with E-state index in [0.717, 1.165) is 19.4 Å². The Kier molecular flexibility index (Phi) is 7.86. The highest BCUT2D eigenvalue weighted by molar-refractivity contribution is 6.31. The molecule has 118 valence electrons. The first kappa shape index (κ1) is 18.1. The molecule has 0 saturated carbocycles. The Hall–Kier alpha value is -0.970. The molecular formula is C15H22Cl2N2O2. The van der Waals surface area contributed by atoms with Gasteiger partial charge in [0.15, 0.2) is 0 Å². The van der Waals surface area contributed by atoms with E-state index < -0.39 is 0 Å². The maximum Gasteiger partial charge on any atom is 0.255 e. The van der Waals surface area contributed by atoms with Crippen LogP contribution in [0.4, 0.5) is 0 Å². The Balaban J connectivity index is 0.00000220. The van der Waals surface area contributed by atoms with E-state index in [9.17, 15) is 4.79 Å². The van der Waals surface area contributed by atoms with Crippen LogP contribution in [0, 0.1) is 0 Å². The maximum atomic E-state index is 12.3. The molecule has 0 aromatic heterocycles. The van der Waals surface area contributed by atoms with Crippen LogP contribution in [-0.4, -0.2) is 31.6 Å². The molecule has 1 fully saturated rings. The summed E-state index contributed by atoms with van der Waals surface area (Å²) in [6.07, 6.45) is 3.17. The molecule has 0 radical (unpaired) electrons. The predicted molar refractivity (Wildman–Crippen MR) is 87.8 cm³/mol. The third-order valence-corrected chi connectivity index (χ3v) is 3.55. The summed E-state index contributed by atoms with van der Waals surface area (Å²) in [6.45, 7) is 4.29. The highest BCUT2D eigenvalue weighted by atomic mass is 35.5. The zero-order valence-electron chi connectivity index (χ0n) is 12.2. The van der Waals surface area contributed by atoms with Crippen LogP contribution >= 0.6 is 24.0 Å². The summed E-state index contributed by atoms with van der Waals surface area (Å²) in [7, 11) is 0. The molecule has 21 heavy (non-hydrogen) atoms. The lowest BCUT2D eigenvalue weighted by molar-refractivity contribution is 0.0946. The van der Waals surface area contributed by atoms with Gasteiger partial charge in [-0.15, -0.1) is 12.4 Å². The van der Waals surface area contributed by atoms with Crippen molar-refractivity contribution >= 4 is 29.9 Å². The van der Waals surface area contributed by atoms with Gasteiger partial charge in [0.05, 0.1) is 12.2 Å². The molecule has 1 amide bonds. The van der Waals surface area contributed by atoms with Crippen LogP contribution in [0.25, 0.3) is 0 Å². The van der Waals surface area contributed by atoms with Crippen molar-refractivity contribution in [3.63, 3.8) is 0 Å². The molecule has 2 N–H and O–H groups in total. The molecular weight excluding hydrogens is 311 g/mol. The Labute approximate surface area is 137 Å². The summed E-state index contributed by atoms with van der Waals surface area (Å²) in [5, 5.41) is 6.84. The van der Waals surface area contributed by atoms with Crippen molar-refractivity contribution in [1.29, 1.82) is 0 Å². The number of nitrogens with one attached hydrogen (secondary N) is 2. The van der Waals surface area contributed by atoms with Crippen molar-refractivity contribution in [2.75, 3.05) is 19.7 Å². The van der Waals surface area contributed by atoms with Gasteiger partial charge < -0.3 is 15.4 Å². The normalized spacial score (nSPS) is 17.1. The second kappa shape index (κ2) is 9.13. The third-order valence-electron chi connectivity index (χ3n) is 3.32. The first-order valence-electron chi connectivity index (χ1n) is 7.14. The van der Waals surface area contributed by atoms with E-state index in [1.807, 2.05) is 6.92 Å². The fraction of sp³-hybridized carbons (Fsp3) is 0.533. The Morgan fingerprint density at radius 1 is 1.52 bits per heavy atom. The molecule has 6 heteroatoms. The second-order valence-corrected chi connectivity index (χ2v) is 5.43. The quantitative estimate of drug-likeness (QED) is 0.841. The Bertz CT molecular complexity index is 463. The summed E-state index contributed by atoms with van der Waals surface area (Å²) < 4.78 is 5.60. The molecule has 0 aliphatic carbocycles. The molecule has 1 unspecified atom stereocenters. The van der Waals surface area contributed by atoms with Gasteiger partial charge in [0.2, 0.25) is 0 Å². The van der Waals surface area contributed by atoms with Gasteiger partial charge in [-0.1, -0.05) is 18.5 Å². The number of carbonyl (C=O) groups excluding carboxylic acids is 1. The lowest BCUT2D eigenvalue weighted by Crippen LogP contribution is -2.37. The van der Waals surface area contributed by atoms with Crippen molar-refractivity contribution in [2.45, 2.75) is 32.2 Å². The lowest BCUT2D eigenvalue weighted by Gasteiger charge is -2.14.